The highest BCUT2D eigenvalue weighted by Gasteiger charge is 2.21. The summed E-state index contributed by atoms with van der Waals surface area (Å²) in [6, 6.07) is 8.78. The van der Waals surface area contributed by atoms with Crippen LogP contribution in [0.2, 0.25) is 0 Å². The molecule has 7 nitrogen and oxygen atoms in total. The number of aromatic nitrogens is 3. The monoisotopic (exact) mass is 493 g/mol. The molecule has 0 saturated carbocycles. The van der Waals surface area contributed by atoms with Gasteiger partial charge in [-0.2, -0.15) is 5.10 Å². The van der Waals surface area contributed by atoms with Crippen molar-refractivity contribution in [3.05, 3.63) is 57.7 Å². The van der Waals surface area contributed by atoms with Gasteiger partial charge in [0.1, 0.15) is 5.82 Å². The fourth-order valence-corrected chi connectivity index (χ4v) is 5.38. The number of morpholine rings is 1. The number of pyridine rings is 1. The number of benzene rings is 1. The molecule has 1 saturated heterocycles. The first-order valence-corrected chi connectivity index (χ1v) is 12.5. The summed E-state index contributed by atoms with van der Waals surface area (Å²) >= 11 is 1.70. The molecule has 9 heteroatoms. The molecule has 4 heterocycles. The number of nitrogens with zero attached hydrogens (tertiary/aromatic N) is 4. The molecule has 0 atom stereocenters. The van der Waals surface area contributed by atoms with Crippen molar-refractivity contribution in [3.8, 4) is 11.3 Å². The number of hydrogen-bond donors (Lipinski definition) is 1. The number of rotatable bonds is 5. The van der Waals surface area contributed by atoms with Crippen LogP contribution in [-0.2, 0) is 4.74 Å². The standard InChI is InChI=1S/C26H28FN5O2S/c1-15(2)32-25-21(14-28-32)20(13-23(30-25)19-11-16(3)35-17(19)4)26(33)29-18-5-6-24(22(27)12-18)31-7-9-34-10-8-31/h5-6,11-15H,7-10H2,1-4H3,(H,29,33). The Morgan fingerprint density at radius 2 is 1.94 bits per heavy atom. The summed E-state index contributed by atoms with van der Waals surface area (Å²) in [5.41, 5.74) is 3.75. The Kier molecular flexibility index (Phi) is 6.29. The maximum Gasteiger partial charge on any atom is 0.256 e. The van der Waals surface area contributed by atoms with Crippen LogP contribution in [0.1, 0.15) is 40.0 Å². The molecule has 0 radical (unpaired) electrons. The van der Waals surface area contributed by atoms with Crippen LogP contribution >= 0.6 is 11.3 Å². The molecule has 0 spiro atoms. The molecule has 0 bridgehead atoms. The zero-order valence-electron chi connectivity index (χ0n) is 20.3. The first kappa shape index (κ1) is 23.4. The summed E-state index contributed by atoms with van der Waals surface area (Å²) < 4.78 is 22.1. The van der Waals surface area contributed by atoms with E-state index in [0.29, 0.717) is 54.3 Å². The number of fused-ring (bicyclic) bond motifs is 1. The zero-order chi connectivity index (χ0) is 24.7. The highest BCUT2D eigenvalue weighted by Crippen LogP contribution is 2.33. The van der Waals surface area contributed by atoms with Crippen LogP contribution in [0.4, 0.5) is 15.8 Å². The smallest absolute Gasteiger partial charge is 0.256 e. The van der Waals surface area contributed by atoms with E-state index in [2.05, 4.69) is 30.3 Å². The van der Waals surface area contributed by atoms with Crippen molar-refractivity contribution in [3.63, 3.8) is 0 Å². The van der Waals surface area contributed by atoms with Gasteiger partial charge in [-0.05, 0) is 58.0 Å². The highest BCUT2D eigenvalue weighted by molar-refractivity contribution is 7.12. The second-order valence-corrected chi connectivity index (χ2v) is 10.5. The van der Waals surface area contributed by atoms with E-state index in [0.717, 1.165) is 16.1 Å². The van der Waals surface area contributed by atoms with Crippen molar-refractivity contribution in [1.29, 1.82) is 0 Å². The number of hydrogen-bond acceptors (Lipinski definition) is 6. The molecule has 5 rings (SSSR count). The fraction of sp³-hybridized carbons (Fsp3) is 0.346. The van der Waals surface area contributed by atoms with E-state index in [9.17, 15) is 9.18 Å². The molecular weight excluding hydrogens is 465 g/mol. The topological polar surface area (TPSA) is 72.3 Å². The Labute approximate surface area is 207 Å². The number of aryl methyl sites for hydroxylation is 2. The van der Waals surface area contributed by atoms with Crippen molar-refractivity contribution >= 4 is 39.7 Å². The van der Waals surface area contributed by atoms with Crippen LogP contribution in [0.3, 0.4) is 0 Å². The van der Waals surface area contributed by atoms with Crippen molar-refractivity contribution in [2.45, 2.75) is 33.7 Å². The van der Waals surface area contributed by atoms with E-state index >= 15 is 0 Å². The number of carbonyl (C=O) groups is 1. The van der Waals surface area contributed by atoms with Crippen LogP contribution in [0.15, 0.2) is 36.5 Å². The second-order valence-electron chi connectivity index (χ2n) is 9.02. The first-order chi connectivity index (χ1) is 16.8. The van der Waals surface area contributed by atoms with Gasteiger partial charge >= 0.3 is 0 Å². The molecule has 3 aromatic heterocycles. The van der Waals surface area contributed by atoms with Gasteiger partial charge in [0.25, 0.3) is 5.91 Å². The van der Waals surface area contributed by atoms with Gasteiger partial charge in [0.05, 0.1) is 41.7 Å². The van der Waals surface area contributed by atoms with E-state index in [1.54, 1.807) is 35.7 Å². The van der Waals surface area contributed by atoms with Gasteiger partial charge < -0.3 is 15.0 Å². The molecule has 182 valence electrons. The molecule has 1 fully saturated rings. The summed E-state index contributed by atoms with van der Waals surface area (Å²) in [4.78, 5) is 22.6. The molecular formula is C26H28FN5O2S. The van der Waals surface area contributed by atoms with Crippen LogP contribution in [0.5, 0.6) is 0 Å². The van der Waals surface area contributed by atoms with Gasteiger partial charge in [-0.25, -0.2) is 14.1 Å². The SMILES string of the molecule is Cc1cc(-c2cc(C(=O)Nc3ccc(N4CCOCC4)c(F)c3)c3cnn(C(C)C)c3n2)c(C)s1. The minimum Gasteiger partial charge on any atom is -0.378 e. The molecule has 1 amide bonds. The van der Waals surface area contributed by atoms with E-state index in [1.807, 2.05) is 23.4 Å². The van der Waals surface area contributed by atoms with Gasteiger partial charge in [0.2, 0.25) is 0 Å². The predicted molar refractivity (Wildman–Crippen MR) is 138 cm³/mol. The lowest BCUT2D eigenvalue weighted by Gasteiger charge is -2.29. The summed E-state index contributed by atoms with van der Waals surface area (Å²) in [5, 5.41) is 8.02. The summed E-state index contributed by atoms with van der Waals surface area (Å²) in [7, 11) is 0. The van der Waals surface area contributed by atoms with Crippen molar-refractivity contribution < 1.29 is 13.9 Å². The van der Waals surface area contributed by atoms with E-state index < -0.39 is 0 Å². The van der Waals surface area contributed by atoms with Crippen molar-refractivity contribution in [2.24, 2.45) is 0 Å². The molecule has 0 aliphatic carbocycles. The average Bonchev–Trinajstić information content (AvgIpc) is 3.41. The number of nitrogens with one attached hydrogen (secondary N) is 1. The average molecular weight is 494 g/mol. The van der Waals surface area contributed by atoms with E-state index in [-0.39, 0.29) is 17.8 Å². The second kappa shape index (κ2) is 9.39. The lowest BCUT2D eigenvalue weighted by molar-refractivity contribution is 0.102. The normalized spacial score (nSPS) is 14.2. The maximum atomic E-state index is 14.9. The molecule has 0 unspecified atom stereocenters. The molecule has 1 aliphatic rings. The first-order valence-electron chi connectivity index (χ1n) is 11.7. The van der Waals surface area contributed by atoms with Crippen LogP contribution < -0.4 is 10.2 Å². The van der Waals surface area contributed by atoms with Crippen LogP contribution in [0.25, 0.3) is 22.3 Å². The Morgan fingerprint density at radius 3 is 2.60 bits per heavy atom. The Bertz CT molecular complexity index is 1400. The fourth-order valence-electron chi connectivity index (χ4n) is 4.45. The molecule has 1 aliphatic heterocycles. The zero-order valence-corrected chi connectivity index (χ0v) is 21.1. The predicted octanol–water partition coefficient (Wildman–Crippen LogP) is 5.59. The molecule has 4 aromatic rings. The lowest BCUT2D eigenvalue weighted by atomic mass is 10.1. The maximum absolute atomic E-state index is 14.9. The lowest BCUT2D eigenvalue weighted by Crippen LogP contribution is -2.36. The quantitative estimate of drug-likeness (QED) is 0.393. The van der Waals surface area contributed by atoms with Crippen molar-refractivity contribution in [1.82, 2.24) is 14.8 Å². The largest absolute Gasteiger partial charge is 0.378 e. The number of halogens is 1. The third-order valence-corrected chi connectivity index (χ3v) is 7.14. The van der Waals surface area contributed by atoms with E-state index in [4.69, 9.17) is 9.72 Å². The number of anilines is 2. The molecule has 1 aromatic carbocycles. The van der Waals surface area contributed by atoms with E-state index in [1.165, 1.54) is 10.9 Å². The highest BCUT2D eigenvalue weighted by atomic mass is 32.1. The molecule has 35 heavy (non-hydrogen) atoms. The summed E-state index contributed by atoms with van der Waals surface area (Å²) in [5.74, 6) is -0.702. The number of thiophene rings is 1. The number of carbonyl (C=O) groups excluding carboxylic acids is 1. The third-order valence-electron chi connectivity index (χ3n) is 6.17. The van der Waals surface area contributed by atoms with Gasteiger partial charge in [-0.15, -0.1) is 11.3 Å². The van der Waals surface area contributed by atoms with Gasteiger partial charge in [-0.1, -0.05) is 0 Å². The van der Waals surface area contributed by atoms with Crippen LogP contribution in [-0.4, -0.2) is 47.0 Å². The van der Waals surface area contributed by atoms with Crippen molar-refractivity contribution in [2.75, 3.05) is 36.5 Å². The third kappa shape index (κ3) is 4.53. The Hall–Kier alpha value is -3.30. The minimum absolute atomic E-state index is 0.0818. The van der Waals surface area contributed by atoms with Gasteiger partial charge in [0.15, 0.2) is 5.65 Å². The Morgan fingerprint density at radius 1 is 1.17 bits per heavy atom. The summed E-state index contributed by atoms with van der Waals surface area (Å²) in [6.45, 7) is 10.6. The van der Waals surface area contributed by atoms with Gasteiger partial charge in [0, 0.05) is 40.1 Å². The summed E-state index contributed by atoms with van der Waals surface area (Å²) in [6.07, 6.45) is 1.68. The van der Waals surface area contributed by atoms with Crippen LogP contribution in [0, 0.1) is 19.7 Å². The Balaban J connectivity index is 1.51. The minimum atomic E-state index is -0.373. The molecule has 1 N–H and O–H groups in total. The van der Waals surface area contributed by atoms with Gasteiger partial charge in [-0.3, -0.25) is 4.79 Å². The number of ether oxygens (including phenoxy) is 1. The number of amides is 1.